The summed E-state index contributed by atoms with van der Waals surface area (Å²) >= 11 is 0. The van der Waals surface area contributed by atoms with Crippen molar-refractivity contribution in [3.05, 3.63) is 22.6 Å². The van der Waals surface area contributed by atoms with Crippen molar-refractivity contribution < 1.29 is 0 Å². The molecule has 5 nitrogen and oxygen atoms in total. The van der Waals surface area contributed by atoms with Gasteiger partial charge in [0, 0.05) is 32.7 Å². The zero-order valence-corrected chi connectivity index (χ0v) is 11.4. The van der Waals surface area contributed by atoms with E-state index in [0.29, 0.717) is 18.5 Å². The molecule has 0 spiro atoms. The summed E-state index contributed by atoms with van der Waals surface area (Å²) in [6.07, 6.45) is 4.33. The van der Waals surface area contributed by atoms with Gasteiger partial charge in [0.05, 0.1) is 11.9 Å². The van der Waals surface area contributed by atoms with Crippen molar-refractivity contribution in [3.63, 3.8) is 0 Å². The second kappa shape index (κ2) is 5.52. The number of hydrogen-bond acceptors (Lipinski definition) is 4. The summed E-state index contributed by atoms with van der Waals surface area (Å²) in [4.78, 5) is 13.8. The Balaban J connectivity index is 1.93. The first-order valence-electron chi connectivity index (χ1n) is 6.54. The van der Waals surface area contributed by atoms with E-state index in [1.54, 1.807) is 16.9 Å². The number of nitrogens with zero attached hydrogens (tertiary/aromatic N) is 3. The minimum atomic E-state index is -0.0283. The molecule has 1 atom stereocenters. The fraction of sp³-hybridized carbons (Fsp3) is 0.692. The van der Waals surface area contributed by atoms with Crippen LogP contribution in [0.3, 0.4) is 0 Å². The molecule has 1 aromatic heterocycles. The van der Waals surface area contributed by atoms with Gasteiger partial charge in [0.1, 0.15) is 0 Å². The highest BCUT2D eigenvalue weighted by Gasteiger charge is 2.21. The van der Waals surface area contributed by atoms with Crippen LogP contribution in [0.4, 0.5) is 5.69 Å². The Morgan fingerprint density at radius 3 is 2.83 bits per heavy atom. The maximum atomic E-state index is 11.9. The van der Waals surface area contributed by atoms with Crippen LogP contribution in [0.5, 0.6) is 0 Å². The van der Waals surface area contributed by atoms with Crippen LogP contribution >= 0.6 is 0 Å². The summed E-state index contributed by atoms with van der Waals surface area (Å²) in [7, 11) is 3.81. The van der Waals surface area contributed by atoms with E-state index >= 15 is 0 Å². The molecule has 1 saturated carbocycles. The molecule has 0 bridgehead atoms. The van der Waals surface area contributed by atoms with Gasteiger partial charge >= 0.3 is 0 Å². The summed E-state index contributed by atoms with van der Waals surface area (Å²) in [5, 5.41) is 7.69. The summed E-state index contributed by atoms with van der Waals surface area (Å²) in [6.45, 7) is 3.77. The predicted molar refractivity (Wildman–Crippen MR) is 73.0 cm³/mol. The monoisotopic (exact) mass is 250 g/mol. The molecule has 0 aliphatic heterocycles. The van der Waals surface area contributed by atoms with Crippen molar-refractivity contribution >= 4 is 5.69 Å². The van der Waals surface area contributed by atoms with Crippen LogP contribution in [0.2, 0.25) is 0 Å². The van der Waals surface area contributed by atoms with Gasteiger partial charge in [0.2, 0.25) is 0 Å². The van der Waals surface area contributed by atoms with E-state index in [-0.39, 0.29) is 5.56 Å². The van der Waals surface area contributed by atoms with Gasteiger partial charge in [0.25, 0.3) is 5.56 Å². The smallest absolute Gasteiger partial charge is 0.268 e. The fourth-order valence-electron chi connectivity index (χ4n) is 1.82. The van der Waals surface area contributed by atoms with E-state index in [4.69, 9.17) is 0 Å². The molecule has 100 valence electrons. The lowest BCUT2D eigenvalue weighted by atomic mass is 10.2. The van der Waals surface area contributed by atoms with Crippen LogP contribution in [0, 0.1) is 5.92 Å². The fourth-order valence-corrected chi connectivity index (χ4v) is 1.82. The number of nitrogens with one attached hydrogen (secondary N) is 1. The Kier molecular flexibility index (Phi) is 4.01. The van der Waals surface area contributed by atoms with Crippen LogP contribution in [0.25, 0.3) is 0 Å². The molecule has 1 unspecified atom stereocenters. The van der Waals surface area contributed by atoms with Crippen molar-refractivity contribution in [3.8, 4) is 0 Å². The number of anilines is 1. The van der Waals surface area contributed by atoms with Crippen molar-refractivity contribution in [1.29, 1.82) is 0 Å². The topological polar surface area (TPSA) is 50.2 Å². The normalized spacial score (nSPS) is 16.6. The number of rotatable bonds is 6. The van der Waals surface area contributed by atoms with Crippen molar-refractivity contribution in [2.24, 2.45) is 5.92 Å². The molecule has 0 radical (unpaired) electrons. The third-order valence-electron chi connectivity index (χ3n) is 3.19. The first kappa shape index (κ1) is 13.1. The van der Waals surface area contributed by atoms with E-state index in [1.807, 2.05) is 19.0 Å². The molecule has 0 saturated heterocycles. The third-order valence-corrected chi connectivity index (χ3v) is 3.19. The highest BCUT2D eigenvalue weighted by molar-refractivity contribution is 5.40. The molecule has 1 aliphatic carbocycles. The highest BCUT2D eigenvalue weighted by Crippen LogP contribution is 2.18. The quantitative estimate of drug-likeness (QED) is 0.807. The maximum absolute atomic E-state index is 11.9. The van der Waals surface area contributed by atoms with Gasteiger partial charge < -0.3 is 10.2 Å². The Morgan fingerprint density at radius 1 is 1.56 bits per heavy atom. The second-order valence-corrected chi connectivity index (χ2v) is 5.42. The van der Waals surface area contributed by atoms with Gasteiger partial charge in [-0.3, -0.25) is 4.79 Å². The number of hydrogen-bond donors (Lipinski definition) is 1. The van der Waals surface area contributed by atoms with E-state index in [1.165, 1.54) is 12.8 Å². The Hall–Kier alpha value is -1.36. The standard InChI is InChI=1S/C13H22N4O/c1-10(7-14-11-4-5-11)9-17-13(18)6-12(8-15-17)16(2)3/h6,8,10-11,14H,4-5,7,9H2,1-3H3. The second-order valence-electron chi connectivity index (χ2n) is 5.42. The van der Waals surface area contributed by atoms with Gasteiger partial charge in [-0.1, -0.05) is 6.92 Å². The van der Waals surface area contributed by atoms with Gasteiger partial charge in [-0.25, -0.2) is 4.68 Å². The lowest BCUT2D eigenvalue weighted by Crippen LogP contribution is -2.31. The third kappa shape index (κ3) is 3.57. The van der Waals surface area contributed by atoms with Crippen LogP contribution in [-0.2, 0) is 6.54 Å². The predicted octanol–water partition coefficient (Wildman–Crippen LogP) is 0.697. The Bertz CT molecular complexity index is 451. The van der Waals surface area contributed by atoms with Gasteiger partial charge in [-0.05, 0) is 25.3 Å². The van der Waals surface area contributed by atoms with E-state index < -0.39 is 0 Å². The summed E-state index contributed by atoms with van der Waals surface area (Å²) < 4.78 is 1.55. The molecular formula is C13H22N4O. The average Bonchev–Trinajstić information content (AvgIpc) is 3.13. The first-order chi connectivity index (χ1) is 8.56. The molecule has 1 fully saturated rings. The summed E-state index contributed by atoms with van der Waals surface area (Å²) in [5.74, 6) is 0.418. The molecule has 2 rings (SSSR count). The van der Waals surface area contributed by atoms with Gasteiger partial charge in [-0.15, -0.1) is 0 Å². The molecule has 1 aromatic rings. The molecule has 1 N–H and O–H groups in total. The molecule has 1 aliphatic rings. The van der Waals surface area contributed by atoms with Crippen molar-refractivity contribution in [2.45, 2.75) is 32.4 Å². The van der Waals surface area contributed by atoms with E-state index in [9.17, 15) is 4.79 Å². The lowest BCUT2D eigenvalue weighted by molar-refractivity contribution is 0.409. The van der Waals surface area contributed by atoms with E-state index in [2.05, 4.69) is 17.3 Å². The van der Waals surface area contributed by atoms with Crippen molar-refractivity contribution in [2.75, 3.05) is 25.5 Å². The molecular weight excluding hydrogens is 228 g/mol. The van der Waals surface area contributed by atoms with Crippen LogP contribution in [0.1, 0.15) is 19.8 Å². The number of aromatic nitrogens is 2. The largest absolute Gasteiger partial charge is 0.376 e. The van der Waals surface area contributed by atoms with E-state index in [0.717, 1.165) is 12.2 Å². The van der Waals surface area contributed by atoms with Crippen LogP contribution in [0.15, 0.2) is 17.1 Å². The summed E-state index contributed by atoms with van der Waals surface area (Å²) in [6, 6.07) is 2.35. The molecule has 0 aromatic carbocycles. The molecule has 0 amide bonds. The van der Waals surface area contributed by atoms with Gasteiger partial charge in [-0.2, -0.15) is 5.10 Å². The van der Waals surface area contributed by atoms with Crippen LogP contribution in [-0.4, -0.2) is 36.5 Å². The first-order valence-corrected chi connectivity index (χ1v) is 6.54. The minimum Gasteiger partial charge on any atom is -0.376 e. The molecule has 5 heteroatoms. The maximum Gasteiger partial charge on any atom is 0.268 e. The van der Waals surface area contributed by atoms with Gasteiger partial charge in [0.15, 0.2) is 0 Å². The zero-order chi connectivity index (χ0) is 13.1. The molecule has 1 heterocycles. The highest BCUT2D eigenvalue weighted by atomic mass is 16.1. The average molecular weight is 250 g/mol. The Morgan fingerprint density at radius 2 is 2.28 bits per heavy atom. The van der Waals surface area contributed by atoms with Crippen molar-refractivity contribution in [1.82, 2.24) is 15.1 Å². The Labute approximate surface area is 108 Å². The molecule has 18 heavy (non-hydrogen) atoms. The van der Waals surface area contributed by atoms with Crippen LogP contribution < -0.4 is 15.8 Å². The minimum absolute atomic E-state index is 0.0283. The summed E-state index contributed by atoms with van der Waals surface area (Å²) in [5.41, 5.74) is 0.819. The lowest BCUT2D eigenvalue weighted by Gasteiger charge is -2.15. The zero-order valence-electron chi connectivity index (χ0n) is 11.4. The SMILES string of the molecule is CC(CNC1CC1)Cn1ncc(N(C)C)cc1=O.